The molecule has 0 atom stereocenters. The molecular formula is C20H17ClN4O2. The maximum Gasteiger partial charge on any atom is 0.161 e. The molecule has 2 heterocycles. The van der Waals surface area contributed by atoms with E-state index in [1.807, 2.05) is 35.7 Å². The first-order valence-corrected chi connectivity index (χ1v) is 8.68. The van der Waals surface area contributed by atoms with Gasteiger partial charge >= 0.3 is 0 Å². The van der Waals surface area contributed by atoms with Gasteiger partial charge in [0.2, 0.25) is 0 Å². The van der Waals surface area contributed by atoms with E-state index in [4.69, 9.17) is 21.3 Å². The second-order valence-electron chi connectivity index (χ2n) is 6.04. The minimum Gasteiger partial charge on any atom is -0.504 e. The maximum atomic E-state index is 9.90. The van der Waals surface area contributed by atoms with E-state index in [1.54, 1.807) is 30.6 Å². The van der Waals surface area contributed by atoms with Crippen molar-refractivity contribution >= 4 is 28.8 Å². The molecule has 4 rings (SSSR count). The topological polar surface area (TPSA) is 71.7 Å². The highest BCUT2D eigenvalue weighted by atomic mass is 35.5. The highest BCUT2D eigenvalue weighted by Gasteiger charge is 2.17. The largest absolute Gasteiger partial charge is 0.504 e. The number of methoxy groups -OCH3 is 1. The van der Waals surface area contributed by atoms with Crippen molar-refractivity contribution in [3.8, 4) is 22.8 Å². The fourth-order valence-corrected chi connectivity index (χ4v) is 3.10. The average molecular weight is 381 g/mol. The summed E-state index contributed by atoms with van der Waals surface area (Å²) in [7, 11) is 1.51. The number of fused-ring (bicyclic) bond motifs is 1. The predicted octanol–water partition coefficient (Wildman–Crippen LogP) is 4.82. The number of anilines is 2. The van der Waals surface area contributed by atoms with E-state index in [0.717, 1.165) is 22.6 Å². The number of benzene rings is 2. The van der Waals surface area contributed by atoms with Crippen molar-refractivity contribution in [3.63, 3.8) is 0 Å². The lowest BCUT2D eigenvalue weighted by atomic mass is 10.1. The van der Waals surface area contributed by atoms with Crippen LogP contribution in [0, 0.1) is 6.92 Å². The Bertz CT molecular complexity index is 1140. The number of rotatable bonds is 4. The Morgan fingerprint density at radius 2 is 2.07 bits per heavy atom. The summed E-state index contributed by atoms with van der Waals surface area (Å²) in [5, 5.41) is 14.0. The molecule has 0 spiro atoms. The van der Waals surface area contributed by atoms with Crippen molar-refractivity contribution in [2.24, 2.45) is 0 Å². The van der Waals surface area contributed by atoms with Gasteiger partial charge in [0, 0.05) is 28.7 Å². The Hall–Kier alpha value is -3.25. The van der Waals surface area contributed by atoms with E-state index < -0.39 is 0 Å². The van der Waals surface area contributed by atoms with Gasteiger partial charge < -0.3 is 15.2 Å². The van der Waals surface area contributed by atoms with Gasteiger partial charge in [-0.25, -0.2) is 4.98 Å². The smallest absolute Gasteiger partial charge is 0.161 e. The zero-order valence-corrected chi connectivity index (χ0v) is 15.5. The monoisotopic (exact) mass is 380 g/mol. The normalized spacial score (nSPS) is 10.9. The second kappa shape index (κ2) is 6.81. The summed E-state index contributed by atoms with van der Waals surface area (Å²) in [4.78, 5) is 8.85. The Morgan fingerprint density at radius 1 is 1.22 bits per heavy atom. The van der Waals surface area contributed by atoms with Crippen molar-refractivity contribution in [2.45, 2.75) is 6.92 Å². The molecule has 0 saturated heterocycles. The molecule has 0 fully saturated rings. The van der Waals surface area contributed by atoms with Gasteiger partial charge in [-0.3, -0.25) is 9.38 Å². The lowest BCUT2D eigenvalue weighted by molar-refractivity contribution is 0.373. The minimum absolute atomic E-state index is 0.0758. The van der Waals surface area contributed by atoms with Crippen LogP contribution in [0.15, 0.2) is 55.0 Å². The van der Waals surface area contributed by atoms with Crippen molar-refractivity contribution in [2.75, 3.05) is 12.4 Å². The standard InChI is InChI=1S/C20H17ClN4O2/c1-12-14(21)4-3-5-15(12)23-20-19(24-18-11-22-8-9-25(18)20)13-6-7-16(26)17(10-13)27-2/h3-11,23,26H,1-2H3. The molecule has 2 aromatic carbocycles. The second-order valence-corrected chi connectivity index (χ2v) is 6.44. The third-order valence-electron chi connectivity index (χ3n) is 4.40. The summed E-state index contributed by atoms with van der Waals surface area (Å²) < 4.78 is 7.16. The molecule has 0 aliphatic rings. The number of aromatic hydroxyl groups is 1. The zero-order chi connectivity index (χ0) is 19.0. The van der Waals surface area contributed by atoms with Gasteiger partial charge in [-0.05, 0) is 42.8 Å². The number of nitrogens with zero attached hydrogens (tertiary/aromatic N) is 3. The first-order valence-electron chi connectivity index (χ1n) is 8.30. The maximum absolute atomic E-state index is 9.90. The van der Waals surface area contributed by atoms with Gasteiger partial charge in [0.25, 0.3) is 0 Å². The summed E-state index contributed by atoms with van der Waals surface area (Å²) >= 11 is 6.27. The Labute approximate surface area is 161 Å². The van der Waals surface area contributed by atoms with Gasteiger partial charge in [-0.2, -0.15) is 0 Å². The SMILES string of the molecule is COc1cc(-c2nc3cnccn3c2Nc2cccc(Cl)c2C)ccc1O. The highest BCUT2D eigenvalue weighted by Crippen LogP contribution is 2.36. The third-order valence-corrected chi connectivity index (χ3v) is 4.81. The number of ether oxygens (including phenoxy) is 1. The lowest BCUT2D eigenvalue weighted by Gasteiger charge is -2.13. The number of aromatic nitrogens is 3. The predicted molar refractivity (Wildman–Crippen MR) is 106 cm³/mol. The zero-order valence-electron chi connectivity index (χ0n) is 14.8. The molecule has 0 aliphatic carbocycles. The van der Waals surface area contributed by atoms with Gasteiger partial charge in [0.1, 0.15) is 11.5 Å². The van der Waals surface area contributed by atoms with Crippen molar-refractivity contribution in [1.82, 2.24) is 14.4 Å². The summed E-state index contributed by atoms with van der Waals surface area (Å²) in [6, 6.07) is 10.8. The fourth-order valence-electron chi connectivity index (χ4n) is 2.92. The summed E-state index contributed by atoms with van der Waals surface area (Å²) in [5.41, 5.74) is 4.03. The number of phenols is 1. The first kappa shape index (κ1) is 17.2. The van der Waals surface area contributed by atoms with E-state index in [1.165, 1.54) is 7.11 Å². The van der Waals surface area contributed by atoms with Crippen LogP contribution in [-0.4, -0.2) is 26.6 Å². The molecule has 2 aromatic heterocycles. The number of imidazole rings is 1. The lowest BCUT2D eigenvalue weighted by Crippen LogP contribution is -1.99. The molecule has 0 saturated carbocycles. The Kier molecular flexibility index (Phi) is 4.33. The highest BCUT2D eigenvalue weighted by molar-refractivity contribution is 6.31. The first-order chi connectivity index (χ1) is 13.1. The Morgan fingerprint density at radius 3 is 2.89 bits per heavy atom. The number of phenolic OH excluding ortho intramolecular Hbond substituents is 1. The van der Waals surface area contributed by atoms with Crippen molar-refractivity contribution in [3.05, 3.63) is 65.6 Å². The van der Waals surface area contributed by atoms with Crippen molar-refractivity contribution in [1.29, 1.82) is 0 Å². The molecule has 0 unspecified atom stereocenters. The third kappa shape index (κ3) is 3.04. The molecule has 0 bridgehead atoms. The molecule has 27 heavy (non-hydrogen) atoms. The molecule has 2 N–H and O–H groups in total. The van der Waals surface area contributed by atoms with Crippen LogP contribution in [-0.2, 0) is 0 Å². The van der Waals surface area contributed by atoms with Crippen LogP contribution in [0.3, 0.4) is 0 Å². The van der Waals surface area contributed by atoms with Crippen LogP contribution in [0.2, 0.25) is 5.02 Å². The molecule has 0 aliphatic heterocycles. The van der Waals surface area contributed by atoms with Crippen LogP contribution in [0.4, 0.5) is 11.5 Å². The average Bonchev–Trinajstić information content (AvgIpc) is 3.04. The van der Waals surface area contributed by atoms with Crippen LogP contribution in [0.1, 0.15) is 5.56 Å². The quantitative estimate of drug-likeness (QED) is 0.531. The number of hydrogen-bond acceptors (Lipinski definition) is 5. The van der Waals surface area contributed by atoms with Crippen LogP contribution in [0.25, 0.3) is 16.9 Å². The van der Waals surface area contributed by atoms with Crippen LogP contribution in [0.5, 0.6) is 11.5 Å². The van der Waals surface area contributed by atoms with Gasteiger partial charge in [-0.15, -0.1) is 0 Å². The van der Waals surface area contributed by atoms with Gasteiger partial charge in [0.05, 0.1) is 13.3 Å². The van der Waals surface area contributed by atoms with E-state index in [-0.39, 0.29) is 5.75 Å². The van der Waals surface area contributed by atoms with Gasteiger partial charge in [-0.1, -0.05) is 17.7 Å². The van der Waals surface area contributed by atoms with Gasteiger partial charge in [0.15, 0.2) is 17.1 Å². The van der Waals surface area contributed by atoms with Crippen LogP contribution < -0.4 is 10.1 Å². The summed E-state index contributed by atoms with van der Waals surface area (Å²) in [6.45, 7) is 1.96. The molecular weight excluding hydrogens is 364 g/mol. The molecule has 136 valence electrons. The number of halogens is 1. The minimum atomic E-state index is 0.0758. The number of nitrogens with one attached hydrogen (secondary N) is 1. The van der Waals surface area contributed by atoms with E-state index >= 15 is 0 Å². The number of hydrogen-bond donors (Lipinski definition) is 2. The fraction of sp³-hybridized carbons (Fsp3) is 0.100. The van der Waals surface area contributed by atoms with Crippen molar-refractivity contribution < 1.29 is 9.84 Å². The Balaban J connectivity index is 1.91. The summed E-state index contributed by atoms with van der Waals surface area (Å²) in [6.07, 6.45) is 5.23. The van der Waals surface area contributed by atoms with E-state index in [9.17, 15) is 5.11 Å². The molecule has 7 heteroatoms. The summed E-state index contributed by atoms with van der Waals surface area (Å²) in [5.74, 6) is 1.23. The molecule has 6 nitrogen and oxygen atoms in total. The molecule has 0 radical (unpaired) electrons. The van der Waals surface area contributed by atoms with Crippen LogP contribution >= 0.6 is 11.6 Å². The van der Waals surface area contributed by atoms with E-state index in [0.29, 0.717) is 22.1 Å². The molecule has 0 amide bonds. The molecule has 4 aromatic rings. The van der Waals surface area contributed by atoms with E-state index in [2.05, 4.69) is 10.3 Å².